The summed E-state index contributed by atoms with van der Waals surface area (Å²) >= 11 is 0. The SMILES string of the molecule is COc1ccc(CCC(O)C(=O)O)cc1C. The molecule has 88 valence electrons. The monoisotopic (exact) mass is 224 g/mol. The second-order valence-corrected chi connectivity index (χ2v) is 3.70. The topological polar surface area (TPSA) is 66.8 Å². The van der Waals surface area contributed by atoms with Crippen molar-refractivity contribution in [3.05, 3.63) is 29.3 Å². The van der Waals surface area contributed by atoms with Gasteiger partial charge in [0, 0.05) is 0 Å². The van der Waals surface area contributed by atoms with Gasteiger partial charge in [-0.25, -0.2) is 4.79 Å². The Labute approximate surface area is 94.5 Å². The second kappa shape index (κ2) is 5.51. The van der Waals surface area contributed by atoms with Gasteiger partial charge in [-0.2, -0.15) is 0 Å². The van der Waals surface area contributed by atoms with Crippen LogP contribution in [0, 0.1) is 6.92 Å². The quantitative estimate of drug-likeness (QED) is 0.793. The van der Waals surface area contributed by atoms with E-state index in [1.807, 2.05) is 25.1 Å². The van der Waals surface area contributed by atoms with Crippen LogP contribution in [-0.2, 0) is 11.2 Å². The molecule has 1 aromatic rings. The molecular formula is C12H16O4. The zero-order valence-corrected chi connectivity index (χ0v) is 9.43. The van der Waals surface area contributed by atoms with Gasteiger partial charge >= 0.3 is 5.97 Å². The molecule has 0 bridgehead atoms. The number of ether oxygens (including phenoxy) is 1. The summed E-state index contributed by atoms with van der Waals surface area (Å²) in [4.78, 5) is 10.4. The lowest BCUT2D eigenvalue weighted by molar-refractivity contribution is -0.146. The van der Waals surface area contributed by atoms with Crippen molar-refractivity contribution in [2.45, 2.75) is 25.9 Å². The normalized spacial score (nSPS) is 12.2. The van der Waals surface area contributed by atoms with Crippen molar-refractivity contribution in [3.63, 3.8) is 0 Å². The zero-order valence-electron chi connectivity index (χ0n) is 9.43. The van der Waals surface area contributed by atoms with E-state index >= 15 is 0 Å². The lowest BCUT2D eigenvalue weighted by atomic mass is 10.0. The fraction of sp³-hybridized carbons (Fsp3) is 0.417. The second-order valence-electron chi connectivity index (χ2n) is 3.70. The van der Waals surface area contributed by atoms with E-state index in [9.17, 15) is 4.79 Å². The summed E-state index contributed by atoms with van der Waals surface area (Å²) in [6.07, 6.45) is -0.526. The number of methoxy groups -OCH3 is 1. The van der Waals surface area contributed by atoms with Crippen LogP contribution in [0.1, 0.15) is 17.5 Å². The highest BCUT2D eigenvalue weighted by atomic mass is 16.5. The number of aliphatic carboxylic acids is 1. The molecule has 0 spiro atoms. The van der Waals surface area contributed by atoms with Crippen LogP contribution in [0.15, 0.2) is 18.2 Å². The Morgan fingerprint density at radius 3 is 2.69 bits per heavy atom. The fourth-order valence-corrected chi connectivity index (χ4v) is 1.52. The van der Waals surface area contributed by atoms with Crippen LogP contribution >= 0.6 is 0 Å². The largest absolute Gasteiger partial charge is 0.496 e. The average Bonchev–Trinajstić information content (AvgIpc) is 2.25. The van der Waals surface area contributed by atoms with Gasteiger partial charge in [0.1, 0.15) is 5.75 Å². The third-order valence-corrected chi connectivity index (χ3v) is 2.45. The molecule has 0 amide bonds. The minimum Gasteiger partial charge on any atom is -0.496 e. The van der Waals surface area contributed by atoms with Gasteiger partial charge in [-0.3, -0.25) is 0 Å². The molecule has 2 N–H and O–H groups in total. The zero-order chi connectivity index (χ0) is 12.1. The molecule has 0 saturated carbocycles. The maximum Gasteiger partial charge on any atom is 0.332 e. The number of hydrogen-bond donors (Lipinski definition) is 2. The van der Waals surface area contributed by atoms with E-state index in [0.29, 0.717) is 6.42 Å². The first-order valence-electron chi connectivity index (χ1n) is 5.09. The van der Waals surface area contributed by atoms with E-state index < -0.39 is 12.1 Å². The molecule has 1 aromatic carbocycles. The Morgan fingerprint density at radius 2 is 2.19 bits per heavy atom. The summed E-state index contributed by atoms with van der Waals surface area (Å²) in [5.41, 5.74) is 2.00. The molecular weight excluding hydrogens is 208 g/mol. The van der Waals surface area contributed by atoms with E-state index in [0.717, 1.165) is 16.9 Å². The van der Waals surface area contributed by atoms with Crippen LogP contribution in [0.25, 0.3) is 0 Å². The van der Waals surface area contributed by atoms with E-state index in [4.69, 9.17) is 14.9 Å². The van der Waals surface area contributed by atoms with Crippen molar-refractivity contribution in [1.82, 2.24) is 0 Å². The molecule has 0 radical (unpaired) electrons. The van der Waals surface area contributed by atoms with Crippen molar-refractivity contribution in [3.8, 4) is 5.75 Å². The first-order chi connectivity index (χ1) is 7.54. The molecule has 0 aliphatic carbocycles. The van der Waals surface area contributed by atoms with Crippen molar-refractivity contribution < 1.29 is 19.7 Å². The smallest absolute Gasteiger partial charge is 0.332 e. The van der Waals surface area contributed by atoms with Gasteiger partial charge in [0.25, 0.3) is 0 Å². The standard InChI is InChI=1S/C12H16O4/c1-8-7-9(4-6-11(8)16-2)3-5-10(13)12(14)15/h4,6-7,10,13H,3,5H2,1-2H3,(H,14,15). The summed E-state index contributed by atoms with van der Waals surface area (Å²) in [5, 5.41) is 17.7. The minimum atomic E-state index is -1.29. The molecule has 0 saturated heterocycles. The number of carboxylic acids is 1. The molecule has 0 aliphatic rings. The van der Waals surface area contributed by atoms with Gasteiger partial charge < -0.3 is 14.9 Å². The lowest BCUT2D eigenvalue weighted by Gasteiger charge is -2.08. The van der Waals surface area contributed by atoms with Crippen molar-refractivity contribution in [1.29, 1.82) is 0 Å². The molecule has 0 aromatic heterocycles. The highest BCUT2D eigenvalue weighted by molar-refractivity contribution is 5.71. The average molecular weight is 224 g/mol. The van der Waals surface area contributed by atoms with Gasteiger partial charge in [-0.05, 0) is 37.0 Å². The summed E-state index contributed by atoms with van der Waals surface area (Å²) in [7, 11) is 1.61. The van der Waals surface area contributed by atoms with Gasteiger partial charge in [0.05, 0.1) is 7.11 Å². The van der Waals surface area contributed by atoms with Crippen LogP contribution in [-0.4, -0.2) is 29.4 Å². The number of carboxylic acid groups (broad SMARTS) is 1. The van der Waals surface area contributed by atoms with Gasteiger partial charge in [-0.1, -0.05) is 12.1 Å². The number of benzene rings is 1. The Bertz CT molecular complexity index is 373. The predicted octanol–water partition coefficient (Wildman–Crippen LogP) is 1.38. The first-order valence-corrected chi connectivity index (χ1v) is 5.09. The first kappa shape index (κ1) is 12.5. The van der Waals surface area contributed by atoms with Crippen molar-refractivity contribution >= 4 is 5.97 Å². The van der Waals surface area contributed by atoms with E-state index in [2.05, 4.69) is 0 Å². The number of carbonyl (C=O) groups is 1. The molecule has 0 heterocycles. The summed E-state index contributed by atoms with van der Waals surface area (Å²) in [5.74, 6) is -0.368. The van der Waals surface area contributed by atoms with Gasteiger partial charge in [0.15, 0.2) is 6.10 Å². The third kappa shape index (κ3) is 3.24. The molecule has 1 rings (SSSR count). The van der Waals surface area contributed by atoms with Crippen LogP contribution in [0.3, 0.4) is 0 Å². The summed E-state index contributed by atoms with van der Waals surface area (Å²) < 4.78 is 5.12. The number of aryl methyl sites for hydroxylation is 2. The van der Waals surface area contributed by atoms with E-state index in [-0.39, 0.29) is 6.42 Å². The van der Waals surface area contributed by atoms with Crippen LogP contribution < -0.4 is 4.74 Å². The van der Waals surface area contributed by atoms with Crippen molar-refractivity contribution in [2.24, 2.45) is 0 Å². The number of hydrogen-bond acceptors (Lipinski definition) is 3. The summed E-state index contributed by atoms with van der Waals surface area (Å²) in [6, 6.07) is 5.66. The van der Waals surface area contributed by atoms with Crippen LogP contribution in [0.4, 0.5) is 0 Å². The molecule has 1 unspecified atom stereocenters. The van der Waals surface area contributed by atoms with Crippen LogP contribution in [0.5, 0.6) is 5.75 Å². The van der Waals surface area contributed by atoms with Crippen molar-refractivity contribution in [2.75, 3.05) is 7.11 Å². The minimum absolute atomic E-state index is 0.223. The molecule has 1 atom stereocenters. The Balaban J connectivity index is 2.62. The molecule has 0 fully saturated rings. The lowest BCUT2D eigenvalue weighted by Crippen LogP contribution is -2.19. The van der Waals surface area contributed by atoms with E-state index in [1.54, 1.807) is 7.11 Å². The maximum absolute atomic E-state index is 10.4. The third-order valence-electron chi connectivity index (χ3n) is 2.45. The highest BCUT2D eigenvalue weighted by Crippen LogP contribution is 2.19. The number of aliphatic hydroxyl groups is 1. The Hall–Kier alpha value is -1.55. The van der Waals surface area contributed by atoms with Gasteiger partial charge in [0.2, 0.25) is 0 Å². The maximum atomic E-state index is 10.4. The Kier molecular flexibility index (Phi) is 4.31. The molecule has 0 aliphatic heterocycles. The molecule has 4 nitrogen and oxygen atoms in total. The molecule has 16 heavy (non-hydrogen) atoms. The molecule has 4 heteroatoms. The number of aliphatic hydroxyl groups excluding tert-OH is 1. The van der Waals surface area contributed by atoms with Crippen LogP contribution in [0.2, 0.25) is 0 Å². The summed E-state index contributed by atoms with van der Waals surface area (Å²) in [6.45, 7) is 1.93. The predicted molar refractivity (Wildman–Crippen MR) is 59.7 cm³/mol. The fourth-order valence-electron chi connectivity index (χ4n) is 1.52. The Morgan fingerprint density at radius 1 is 1.50 bits per heavy atom. The van der Waals surface area contributed by atoms with E-state index in [1.165, 1.54) is 0 Å². The van der Waals surface area contributed by atoms with Gasteiger partial charge in [-0.15, -0.1) is 0 Å². The number of rotatable bonds is 5. The highest BCUT2D eigenvalue weighted by Gasteiger charge is 2.12.